The van der Waals surface area contributed by atoms with Crippen LogP contribution in [0.25, 0.3) is 11.0 Å². The lowest BCUT2D eigenvalue weighted by atomic mass is 9.95. The molecule has 2 aliphatic carbocycles. The van der Waals surface area contributed by atoms with Gasteiger partial charge in [0, 0.05) is 17.6 Å². The molecule has 0 spiro atoms. The Labute approximate surface area is 142 Å². The molecule has 2 aliphatic rings. The van der Waals surface area contributed by atoms with Crippen molar-refractivity contribution in [3.63, 3.8) is 0 Å². The fourth-order valence-corrected chi connectivity index (χ4v) is 4.40. The number of aromatic nitrogens is 3. The molecular formula is C21H21N3. The highest BCUT2D eigenvalue weighted by Crippen LogP contribution is 2.36. The average molecular weight is 315 g/mol. The van der Waals surface area contributed by atoms with Crippen molar-refractivity contribution in [3.8, 4) is 0 Å². The maximum absolute atomic E-state index is 4.64. The Morgan fingerprint density at radius 2 is 1.92 bits per heavy atom. The number of allylic oxidation sites excluding steroid dienone is 2. The van der Waals surface area contributed by atoms with Crippen LogP contribution < -0.4 is 0 Å². The van der Waals surface area contributed by atoms with Crippen molar-refractivity contribution in [1.82, 2.24) is 14.5 Å². The highest BCUT2D eigenvalue weighted by Gasteiger charge is 2.24. The molecule has 2 heterocycles. The van der Waals surface area contributed by atoms with Gasteiger partial charge < -0.3 is 4.57 Å². The summed E-state index contributed by atoms with van der Waals surface area (Å²) in [6, 6.07) is 11.6. The van der Waals surface area contributed by atoms with Crippen LogP contribution in [0.15, 0.2) is 55.0 Å². The van der Waals surface area contributed by atoms with Crippen molar-refractivity contribution in [2.75, 3.05) is 0 Å². The van der Waals surface area contributed by atoms with Gasteiger partial charge in [0.25, 0.3) is 0 Å². The molecule has 0 bridgehead atoms. The lowest BCUT2D eigenvalue weighted by Crippen LogP contribution is -2.06. The highest BCUT2D eigenvalue weighted by atomic mass is 15.1. The van der Waals surface area contributed by atoms with Crippen LogP contribution in [0, 0.1) is 0 Å². The number of hydrogen-bond donors (Lipinski definition) is 0. The molecule has 2 aromatic heterocycles. The summed E-state index contributed by atoms with van der Waals surface area (Å²) in [6.45, 7) is 0. The van der Waals surface area contributed by atoms with E-state index in [-0.39, 0.29) is 0 Å². The van der Waals surface area contributed by atoms with Crippen molar-refractivity contribution in [2.45, 2.75) is 44.1 Å². The van der Waals surface area contributed by atoms with Crippen LogP contribution in [-0.2, 0) is 12.8 Å². The smallest absolute Gasteiger partial charge is 0.143 e. The zero-order valence-corrected chi connectivity index (χ0v) is 13.7. The quantitative estimate of drug-likeness (QED) is 0.662. The summed E-state index contributed by atoms with van der Waals surface area (Å²) in [4.78, 5) is 9.23. The fourth-order valence-electron chi connectivity index (χ4n) is 4.40. The highest BCUT2D eigenvalue weighted by molar-refractivity contribution is 5.79. The minimum absolute atomic E-state index is 0.525. The van der Waals surface area contributed by atoms with Crippen molar-refractivity contribution >= 4 is 11.0 Å². The van der Waals surface area contributed by atoms with Gasteiger partial charge in [-0.3, -0.25) is 0 Å². The first-order valence-electron chi connectivity index (χ1n) is 8.93. The van der Waals surface area contributed by atoms with E-state index >= 15 is 0 Å². The molecule has 0 amide bonds. The minimum Gasteiger partial charge on any atom is -0.329 e. The van der Waals surface area contributed by atoms with Gasteiger partial charge in [-0.25, -0.2) is 9.97 Å². The van der Waals surface area contributed by atoms with Gasteiger partial charge >= 0.3 is 0 Å². The lowest BCUT2D eigenvalue weighted by molar-refractivity contribution is 0.550. The molecule has 3 aromatic rings. The zero-order chi connectivity index (χ0) is 15.9. The third-order valence-corrected chi connectivity index (χ3v) is 5.66. The first-order valence-corrected chi connectivity index (χ1v) is 8.93. The summed E-state index contributed by atoms with van der Waals surface area (Å²) >= 11 is 0. The maximum Gasteiger partial charge on any atom is 0.143 e. The first-order chi connectivity index (χ1) is 11.9. The second kappa shape index (κ2) is 5.59. The van der Waals surface area contributed by atoms with Crippen LogP contribution in [-0.4, -0.2) is 14.5 Å². The molecule has 3 heteroatoms. The Balaban J connectivity index is 1.50. The Morgan fingerprint density at radius 1 is 1.04 bits per heavy atom. The first kappa shape index (κ1) is 14.0. The number of nitrogens with zero attached hydrogens (tertiary/aromatic N) is 3. The molecule has 1 aromatic carbocycles. The van der Waals surface area contributed by atoms with Crippen LogP contribution in [0.4, 0.5) is 0 Å². The predicted octanol–water partition coefficient (Wildman–Crippen LogP) is 4.59. The number of benzene rings is 1. The molecular weight excluding hydrogens is 294 g/mol. The van der Waals surface area contributed by atoms with Crippen LogP contribution in [0.3, 0.4) is 0 Å². The van der Waals surface area contributed by atoms with Gasteiger partial charge in [0.05, 0.1) is 5.69 Å². The number of rotatable bonds is 3. The Bertz CT molecular complexity index is 914. The molecule has 5 rings (SSSR count). The van der Waals surface area contributed by atoms with Crippen molar-refractivity contribution in [3.05, 3.63) is 71.8 Å². The van der Waals surface area contributed by atoms with Gasteiger partial charge in [0.2, 0.25) is 0 Å². The Kier molecular flexibility index (Phi) is 3.25. The van der Waals surface area contributed by atoms with E-state index in [1.807, 2.05) is 0 Å². The van der Waals surface area contributed by atoms with E-state index in [0.717, 1.165) is 24.9 Å². The molecule has 0 aliphatic heterocycles. The van der Waals surface area contributed by atoms with Gasteiger partial charge in [0.1, 0.15) is 12.0 Å². The molecule has 1 atom stereocenters. The molecule has 0 N–H and O–H groups in total. The Hall–Kier alpha value is -2.42. The molecule has 0 saturated heterocycles. The van der Waals surface area contributed by atoms with E-state index in [9.17, 15) is 0 Å². The standard InChI is InChI=1S/C21H21N3/c1-4-8-18-15(5-1)9-10-16(18)13-20-19-11-12-24(17-6-2-3-7-17)21(19)23-14-22-20/h1-5,8,11-12,14,16-17H,6-7,9-10,13H2/t16-/m1/s1. The van der Waals surface area contributed by atoms with E-state index in [0.29, 0.717) is 12.0 Å². The largest absolute Gasteiger partial charge is 0.329 e. The van der Waals surface area contributed by atoms with Crippen molar-refractivity contribution in [1.29, 1.82) is 0 Å². The van der Waals surface area contributed by atoms with Gasteiger partial charge in [-0.2, -0.15) is 0 Å². The van der Waals surface area contributed by atoms with Crippen molar-refractivity contribution in [2.24, 2.45) is 0 Å². The summed E-state index contributed by atoms with van der Waals surface area (Å²) in [5, 5.41) is 1.23. The van der Waals surface area contributed by atoms with Crippen molar-refractivity contribution < 1.29 is 0 Å². The molecule has 0 saturated carbocycles. The molecule has 0 unspecified atom stereocenters. The van der Waals surface area contributed by atoms with E-state index in [1.165, 1.54) is 35.0 Å². The van der Waals surface area contributed by atoms with Crippen LogP contribution in [0.5, 0.6) is 0 Å². The second-order valence-corrected chi connectivity index (χ2v) is 7.02. The van der Waals surface area contributed by atoms with Gasteiger partial charge in [-0.1, -0.05) is 36.4 Å². The third-order valence-electron chi connectivity index (χ3n) is 5.66. The summed E-state index contributed by atoms with van der Waals surface area (Å²) in [6.07, 6.45) is 14.2. The average Bonchev–Trinajstić information content (AvgIpc) is 3.34. The zero-order valence-electron chi connectivity index (χ0n) is 13.7. The summed E-state index contributed by atoms with van der Waals surface area (Å²) in [5.74, 6) is 0.593. The van der Waals surface area contributed by atoms with Gasteiger partial charge in [0.15, 0.2) is 0 Å². The second-order valence-electron chi connectivity index (χ2n) is 7.02. The summed E-state index contributed by atoms with van der Waals surface area (Å²) in [7, 11) is 0. The monoisotopic (exact) mass is 315 g/mol. The van der Waals surface area contributed by atoms with E-state index in [4.69, 9.17) is 0 Å². The van der Waals surface area contributed by atoms with E-state index in [1.54, 1.807) is 6.33 Å². The SMILES string of the molecule is C1=CCC(n2ccc3c(C[C@H]4CCc5ccccc54)ncnc32)C1. The molecule has 3 nitrogen and oxygen atoms in total. The third kappa shape index (κ3) is 2.19. The lowest BCUT2D eigenvalue weighted by Gasteiger charge is -2.14. The summed E-state index contributed by atoms with van der Waals surface area (Å²) < 4.78 is 2.34. The van der Waals surface area contributed by atoms with Gasteiger partial charge in [-0.05, 0) is 55.2 Å². The van der Waals surface area contributed by atoms with Gasteiger partial charge in [-0.15, -0.1) is 0 Å². The predicted molar refractivity (Wildman–Crippen MR) is 96.1 cm³/mol. The minimum atomic E-state index is 0.525. The number of fused-ring (bicyclic) bond motifs is 2. The van der Waals surface area contributed by atoms with Crippen LogP contribution in [0.2, 0.25) is 0 Å². The van der Waals surface area contributed by atoms with E-state index < -0.39 is 0 Å². The Morgan fingerprint density at radius 3 is 2.83 bits per heavy atom. The normalized spacial score (nSPS) is 20.1. The van der Waals surface area contributed by atoms with Crippen LogP contribution in [0.1, 0.15) is 48.0 Å². The topological polar surface area (TPSA) is 30.7 Å². The maximum atomic E-state index is 4.64. The molecule has 120 valence electrons. The number of aryl methyl sites for hydroxylation is 1. The molecule has 24 heavy (non-hydrogen) atoms. The summed E-state index contributed by atoms with van der Waals surface area (Å²) in [5.41, 5.74) is 5.33. The number of hydrogen-bond acceptors (Lipinski definition) is 2. The molecule has 0 radical (unpaired) electrons. The van der Waals surface area contributed by atoms with Crippen LogP contribution >= 0.6 is 0 Å². The van der Waals surface area contributed by atoms with E-state index in [2.05, 4.69) is 63.2 Å². The fraction of sp³-hybridized carbons (Fsp3) is 0.333. The molecule has 0 fully saturated rings.